The smallest absolute Gasteiger partial charge is 0.358 e. The number of carbonyl (C=O) groups excluding carboxylic acids is 2. The molecule has 110 valence electrons. The summed E-state index contributed by atoms with van der Waals surface area (Å²) in [5.41, 5.74) is 0.358. The predicted octanol–water partition coefficient (Wildman–Crippen LogP) is 1.30. The molecule has 2 rings (SSSR count). The fourth-order valence-corrected chi connectivity index (χ4v) is 2.98. The number of aromatic nitrogens is 1. The minimum Gasteiger partial charge on any atom is -0.461 e. The first-order valence-electron chi connectivity index (χ1n) is 6.66. The lowest BCUT2D eigenvalue weighted by atomic mass is 10.4. The van der Waals surface area contributed by atoms with Crippen LogP contribution in [0.4, 0.5) is 5.13 Å². The maximum atomic E-state index is 11.9. The van der Waals surface area contributed by atoms with Crippen molar-refractivity contribution in [3.63, 3.8) is 0 Å². The standard InChI is InChI=1S/C13H19N3O3S/c1-4-19-12(18)11-9(2)20-13(14-11)16-7-5-6-15(3)10(17)8-16/h4-8H2,1-3H3. The van der Waals surface area contributed by atoms with Crippen LogP contribution in [0, 0.1) is 6.92 Å². The fourth-order valence-electron chi connectivity index (χ4n) is 2.06. The Bertz CT molecular complexity index is 515. The lowest BCUT2D eigenvalue weighted by Crippen LogP contribution is -2.34. The zero-order valence-electron chi connectivity index (χ0n) is 12.0. The molecule has 0 saturated carbocycles. The number of likely N-dealkylation sites (N-methyl/N-ethyl adjacent to an activating group) is 1. The molecule has 1 aromatic heterocycles. The van der Waals surface area contributed by atoms with Gasteiger partial charge >= 0.3 is 5.97 Å². The highest BCUT2D eigenvalue weighted by Crippen LogP contribution is 2.27. The van der Waals surface area contributed by atoms with Crippen molar-refractivity contribution >= 4 is 28.3 Å². The molecule has 7 heteroatoms. The second-order valence-electron chi connectivity index (χ2n) is 4.71. The van der Waals surface area contributed by atoms with Crippen LogP contribution < -0.4 is 4.90 Å². The Hall–Kier alpha value is -1.63. The van der Waals surface area contributed by atoms with E-state index in [1.54, 1.807) is 11.8 Å². The second kappa shape index (κ2) is 6.21. The van der Waals surface area contributed by atoms with Crippen LogP contribution in [0.25, 0.3) is 0 Å². The van der Waals surface area contributed by atoms with E-state index in [1.165, 1.54) is 11.3 Å². The molecule has 1 aliphatic rings. The summed E-state index contributed by atoms with van der Waals surface area (Å²) in [6.45, 7) is 5.78. The number of nitrogens with zero attached hydrogens (tertiary/aromatic N) is 3. The second-order valence-corrected chi connectivity index (χ2v) is 5.89. The van der Waals surface area contributed by atoms with Gasteiger partial charge in [0.1, 0.15) is 0 Å². The molecule has 0 N–H and O–H groups in total. The lowest BCUT2D eigenvalue weighted by Gasteiger charge is -2.18. The molecule has 2 heterocycles. The first-order valence-corrected chi connectivity index (χ1v) is 7.48. The molecular formula is C13H19N3O3S. The van der Waals surface area contributed by atoms with Gasteiger partial charge in [-0.1, -0.05) is 0 Å². The first kappa shape index (κ1) is 14.8. The molecular weight excluding hydrogens is 278 g/mol. The Morgan fingerprint density at radius 2 is 2.20 bits per heavy atom. The Labute approximate surface area is 122 Å². The summed E-state index contributed by atoms with van der Waals surface area (Å²) in [4.78, 5) is 32.5. The normalized spacial score (nSPS) is 16.2. The van der Waals surface area contributed by atoms with Crippen molar-refractivity contribution in [3.8, 4) is 0 Å². The largest absolute Gasteiger partial charge is 0.461 e. The summed E-state index contributed by atoms with van der Waals surface area (Å²) >= 11 is 1.43. The van der Waals surface area contributed by atoms with E-state index >= 15 is 0 Å². The highest BCUT2D eigenvalue weighted by atomic mass is 32.1. The zero-order valence-corrected chi connectivity index (χ0v) is 12.8. The highest BCUT2D eigenvalue weighted by molar-refractivity contribution is 7.15. The van der Waals surface area contributed by atoms with E-state index < -0.39 is 5.97 Å². The number of amides is 1. The summed E-state index contributed by atoms with van der Waals surface area (Å²) < 4.78 is 4.98. The Kier molecular flexibility index (Phi) is 4.59. The van der Waals surface area contributed by atoms with Crippen LogP contribution >= 0.6 is 11.3 Å². The molecule has 0 spiro atoms. The molecule has 1 fully saturated rings. The van der Waals surface area contributed by atoms with Crippen LogP contribution in [-0.4, -0.2) is 55.0 Å². The molecule has 0 aromatic carbocycles. The van der Waals surface area contributed by atoms with E-state index in [9.17, 15) is 9.59 Å². The summed E-state index contributed by atoms with van der Waals surface area (Å²) in [5, 5.41) is 0.717. The third-order valence-electron chi connectivity index (χ3n) is 3.20. The molecule has 0 unspecified atom stereocenters. The topological polar surface area (TPSA) is 62.7 Å². The van der Waals surface area contributed by atoms with Gasteiger partial charge in [0.15, 0.2) is 10.8 Å². The number of aryl methyl sites for hydroxylation is 1. The molecule has 1 aliphatic heterocycles. The van der Waals surface area contributed by atoms with E-state index in [0.29, 0.717) is 24.0 Å². The van der Waals surface area contributed by atoms with Crippen molar-refractivity contribution < 1.29 is 14.3 Å². The van der Waals surface area contributed by atoms with Crippen molar-refractivity contribution in [1.82, 2.24) is 9.88 Å². The van der Waals surface area contributed by atoms with Gasteiger partial charge in [-0.25, -0.2) is 9.78 Å². The van der Waals surface area contributed by atoms with Gasteiger partial charge < -0.3 is 14.5 Å². The van der Waals surface area contributed by atoms with E-state index in [4.69, 9.17) is 4.74 Å². The van der Waals surface area contributed by atoms with Crippen LogP contribution in [0.15, 0.2) is 0 Å². The van der Waals surface area contributed by atoms with Gasteiger partial charge in [-0.05, 0) is 20.3 Å². The molecule has 0 bridgehead atoms. The SMILES string of the molecule is CCOC(=O)c1nc(N2CCCN(C)C(=O)C2)sc1C. The number of anilines is 1. The average Bonchev–Trinajstić information content (AvgIpc) is 2.71. The minimum absolute atomic E-state index is 0.0769. The van der Waals surface area contributed by atoms with Gasteiger partial charge in [0.2, 0.25) is 5.91 Å². The number of hydrogen-bond acceptors (Lipinski definition) is 6. The van der Waals surface area contributed by atoms with Crippen molar-refractivity contribution in [1.29, 1.82) is 0 Å². The fraction of sp³-hybridized carbons (Fsp3) is 0.615. The molecule has 0 radical (unpaired) electrons. The zero-order chi connectivity index (χ0) is 14.7. The Balaban J connectivity index is 2.18. The molecule has 0 aliphatic carbocycles. The van der Waals surface area contributed by atoms with Gasteiger partial charge in [-0.3, -0.25) is 4.79 Å². The first-order chi connectivity index (χ1) is 9.52. The number of hydrogen-bond donors (Lipinski definition) is 0. The summed E-state index contributed by atoms with van der Waals surface area (Å²) in [5.74, 6) is -0.321. The molecule has 1 saturated heterocycles. The van der Waals surface area contributed by atoms with Crippen molar-refractivity contribution in [2.24, 2.45) is 0 Å². The monoisotopic (exact) mass is 297 g/mol. The van der Waals surface area contributed by atoms with Crippen molar-refractivity contribution in [2.45, 2.75) is 20.3 Å². The highest BCUT2D eigenvalue weighted by Gasteiger charge is 2.24. The van der Waals surface area contributed by atoms with E-state index in [2.05, 4.69) is 4.98 Å². The molecule has 0 atom stereocenters. The number of thiazole rings is 1. The summed E-state index contributed by atoms with van der Waals surface area (Å²) in [7, 11) is 1.81. The van der Waals surface area contributed by atoms with Gasteiger partial charge in [-0.2, -0.15) is 0 Å². The maximum Gasteiger partial charge on any atom is 0.358 e. The number of rotatable bonds is 3. The van der Waals surface area contributed by atoms with Gasteiger partial charge in [-0.15, -0.1) is 11.3 Å². The van der Waals surface area contributed by atoms with E-state index in [-0.39, 0.29) is 5.91 Å². The van der Waals surface area contributed by atoms with Crippen molar-refractivity contribution in [3.05, 3.63) is 10.6 Å². The predicted molar refractivity (Wildman–Crippen MR) is 77.3 cm³/mol. The number of esters is 1. The van der Waals surface area contributed by atoms with Crippen LogP contribution in [0.1, 0.15) is 28.7 Å². The quantitative estimate of drug-likeness (QED) is 0.787. The number of carbonyl (C=O) groups is 2. The van der Waals surface area contributed by atoms with Gasteiger partial charge in [0.05, 0.1) is 13.2 Å². The summed E-state index contributed by atoms with van der Waals surface area (Å²) in [6, 6.07) is 0. The van der Waals surface area contributed by atoms with Crippen LogP contribution in [-0.2, 0) is 9.53 Å². The van der Waals surface area contributed by atoms with E-state index in [0.717, 1.165) is 24.4 Å². The van der Waals surface area contributed by atoms with Crippen LogP contribution in [0.5, 0.6) is 0 Å². The minimum atomic E-state index is -0.397. The van der Waals surface area contributed by atoms with E-state index in [1.807, 2.05) is 18.9 Å². The van der Waals surface area contributed by atoms with Crippen LogP contribution in [0.3, 0.4) is 0 Å². The van der Waals surface area contributed by atoms with Gasteiger partial charge in [0.25, 0.3) is 0 Å². The third kappa shape index (κ3) is 3.09. The summed E-state index contributed by atoms with van der Waals surface area (Å²) in [6.07, 6.45) is 0.898. The Morgan fingerprint density at radius 1 is 1.45 bits per heavy atom. The number of ether oxygens (including phenoxy) is 1. The molecule has 6 nitrogen and oxygen atoms in total. The van der Waals surface area contributed by atoms with Gasteiger partial charge in [0, 0.05) is 25.0 Å². The lowest BCUT2D eigenvalue weighted by molar-refractivity contribution is -0.127. The molecule has 20 heavy (non-hydrogen) atoms. The Morgan fingerprint density at radius 3 is 2.90 bits per heavy atom. The van der Waals surface area contributed by atoms with Crippen LogP contribution in [0.2, 0.25) is 0 Å². The average molecular weight is 297 g/mol. The third-order valence-corrected chi connectivity index (χ3v) is 4.23. The van der Waals surface area contributed by atoms with Crippen molar-refractivity contribution in [2.75, 3.05) is 38.2 Å². The molecule has 1 amide bonds. The maximum absolute atomic E-state index is 11.9. The molecule has 1 aromatic rings.